The molecule has 2 heterocycles. The molecular weight excluding hydrogens is 625 g/mol. The summed E-state index contributed by atoms with van der Waals surface area (Å²) < 4.78 is 6.47. The second-order valence-corrected chi connectivity index (χ2v) is 12.5. The Balaban J connectivity index is 1.32. The molecule has 0 atom stereocenters. The molecule has 0 aliphatic rings. The van der Waals surface area contributed by atoms with Crippen LogP contribution in [-0.2, 0) is 0 Å². The molecular formula is C46H32N4O. The second-order valence-electron chi connectivity index (χ2n) is 12.5. The molecule has 0 saturated heterocycles. The van der Waals surface area contributed by atoms with E-state index in [0.717, 1.165) is 66.7 Å². The molecule has 242 valence electrons. The maximum absolute atomic E-state index is 6.47. The van der Waals surface area contributed by atoms with Crippen LogP contribution in [0.15, 0.2) is 180 Å². The van der Waals surface area contributed by atoms with Gasteiger partial charge in [-0.1, -0.05) is 146 Å². The zero-order valence-electron chi connectivity index (χ0n) is 27.9. The number of hydrogen-bond donors (Lipinski definition) is 0. The minimum absolute atomic E-state index is 0.582. The first-order chi connectivity index (χ1) is 25.2. The van der Waals surface area contributed by atoms with Crippen molar-refractivity contribution in [1.82, 2.24) is 15.0 Å². The number of aromatic nitrogens is 3. The molecule has 2 aromatic heterocycles. The van der Waals surface area contributed by atoms with Gasteiger partial charge in [0.2, 0.25) is 0 Å². The van der Waals surface area contributed by atoms with Crippen LogP contribution in [0.25, 0.3) is 78.4 Å². The number of rotatable bonds is 7. The molecule has 0 amide bonds. The first-order valence-electron chi connectivity index (χ1n) is 17.0. The molecule has 5 nitrogen and oxygen atoms in total. The topological polar surface area (TPSA) is 55.1 Å². The molecule has 9 rings (SSSR count). The van der Waals surface area contributed by atoms with Crippen LogP contribution >= 0.6 is 0 Å². The van der Waals surface area contributed by atoms with E-state index >= 15 is 0 Å². The quantitative estimate of drug-likeness (QED) is 0.171. The summed E-state index contributed by atoms with van der Waals surface area (Å²) in [7, 11) is 2.13. The summed E-state index contributed by atoms with van der Waals surface area (Å²) in [6, 6.07) is 60.3. The van der Waals surface area contributed by atoms with Crippen LogP contribution in [0.5, 0.6) is 0 Å². The van der Waals surface area contributed by atoms with Crippen LogP contribution in [0, 0.1) is 0 Å². The number of hydrogen-bond acceptors (Lipinski definition) is 5. The van der Waals surface area contributed by atoms with Gasteiger partial charge in [-0.15, -0.1) is 0 Å². The summed E-state index contributed by atoms with van der Waals surface area (Å²) in [5.41, 5.74) is 10.9. The first-order valence-corrected chi connectivity index (χ1v) is 17.0. The van der Waals surface area contributed by atoms with E-state index in [-0.39, 0.29) is 0 Å². The predicted octanol–water partition coefficient (Wildman–Crippen LogP) is 11.9. The van der Waals surface area contributed by atoms with Gasteiger partial charge >= 0.3 is 0 Å². The fourth-order valence-electron chi connectivity index (χ4n) is 6.86. The Hall–Kier alpha value is -6.85. The molecule has 0 spiro atoms. The van der Waals surface area contributed by atoms with Crippen molar-refractivity contribution in [1.29, 1.82) is 0 Å². The minimum atomic E-state index is 0.582. The lowest BCUT2D eigenvalue weighted by atomic mass is 9.96. The van der Waals surface area contributed by atoms with Crippen LogP contribution in [0.1, 0.15) is 0 Å². The summed E-state index contributed by atoms with van der Waals surface area (Å²) in [6.45, 7) is 0. The van der Waals surface area contributed by atoms with E-state index < -0.39 is 0 Å². The van der Waals surface area contributed by atoms with Crippen molar-refractivity contribution in [2.24, 2.45) is 0 Å². The molecule has 9 aromatic rings. The van der Waals surface area contributed by atoms with Crippen LogP contribution in [-0.4, -0.2) is 22.0 Å². The number of anilines is 2. The number of para-hydroxylation sites is 1. The van der Waals surface area contributed by atoms with Crippen molar-refractivity contribution < 1.29 is 4.42 Å². The molecule has 5 heteroatoms. The van der Waals surface area contributed by atoms with E-state index in [1.165, 1.54) is 5.56 Å². The summed E-state index contributed by atoms with van der Waals surface area (Å²) in [4.78, 5) is 17.6. The Labute approximate surface area is 296 Å². The molecule has 0 aliphatic carbocycles. The van der Waals surface area contributed by atoms with Gasteiger partial charge in [-0.25, -0.2) is 15.0 Å². The maximum Gasteiger partial charge on any atom is 0.166 e. The lowest BCUT2D eigenvalue weighted by Gasteiger charge is -2.26. The fraction of sp³-hybridized carbons (Fsp3) is 0.0217. The van der Waals surface area contributed by atoms with E-state index in [0.29, 0.717) is 17.5 Å². The Morgan fingerprint density at radius 2 is 0.941 bits per heavy atom. The average molecular weight is 657 g/mol. The minimum Gasteiger partial charge on any atom is -0.456 e. The third-order valence-corrected chi connectivity index (χ3v) is 9.34. The molecule has 51 heavy (non-hydrogen) atoms. The fourth-order valence-corrected chi connectivity index (χ4v) is 6.86. The molecule has 0 fully saturated rings. The first kappa shape index (κ1) is 30.2. The Bertz CT molecular complexity index is 2580. The van der Waals surface area contributed by atoms with Crippen molar-refractivity contribution in [3.63, 3.8) is 0 Å². The van der Waals surface area contributed by atoms with E-state index in [4.69, 9.17) is 19.4 Å². The highest BCUT2D eigenvalue weighted by Gasteiger charge is 2.24. The van der Waals surface area contributed by atoms with E-state index in [9.17, 15) is 0 Å². The third-order valence-electron chi connectivity index (χ3n) is 9.34. The molecule has 0 radical (unpaired) electrons. The Kier molecular flexibility index (Phi) is 7.63. The molecule has 0 N–H and O–H groups in total. The van der Waals surface area contributed by atoms with E-state index in [2.05, 4.69) is 109 Å². The SMILES string of the molecule is CN(c1ccc(-c2ccccc2)cc1-c1ccccc1)c1c(-c2nc(-c3ccccc3)nc(-c3ccccc3)n2)ccc2oc3ccccc3c12. The van der Waals surface area contributed by atoms with Crippen molar-refractivity contribution in [2.75, 3.05) is 11.9 Å². The highest BCUT2D eigenvalue weighted by molar-refractivity contribution is 6.16. The molecule has 0 bridgehead atoms. The highest BCUT2D eigenvalue weighted by atomic mass is 16.3. The Morgan fingerprint density at radius 1 is 0.412 bits per heavy atom. The zero-order chi connectivity index (χ0) is 34.1. The van der Waals surface area contributed by atoms with Gasteiger partial charge in [0.25, 0.3) is 0 Å². The normalized spacial score (nSPS) is 11.2. The lowest BCUT2D eigenvalue weighted by molar-refractivity contribution is 0.669. The summed E-state index contributed by atoms with van der Waals surface area (Å²) >= 11 is 0. The number of benzene rings is 7. The van der Waals surface area contributed by atoms with E-state index in [1.54, 1.807) is 0 Å². The summed E-state index contributed by atoms with van der Waals surface area (Å²) in [6.07, 6.45) is 0. The van der Waals surface area contributed by atoms with Crippen molar-refractivity contribution in [3.05, 3.63) is 176 Å². The smallest absolute Gasteiger partial charge is 0.166 e. The maximum atomic E-state index is 6.47. The second kappa shape index (κ2) is 12.9. The van der Waals surface area contributed by atoms with Gasteiger partial charge in [0, 0.05) is 40.4 Å². The van der Waals surface area contributed by atoms with Crippen molar-refractivity contribution in [2.45, 2.75) is 0 Å². The van der Waals surface area contributed by atoms with Gasteiger partial charge in [-0.2, -0.15) is 0 Å². The predicted molar refractivity (Wildman–Crippen MR) is 209 cm³/mol. The van der Waals surface area contributed by atoms with Crippen LogP contribution in [0.3, 0.4) is 0 Å². The zero-order valence-corrected chi connectivity index (χ0v) is 27.9. The van der Waals surface area contributed by atoms with Crippen molar-refractivity contribution in [3.8, 4) is 56.4 Å². The van der Waals surface area contributed by atoms with Crippen LogP contribution < -0.4 is 4.90 Å². The van der Waals surface area contributed by atoms with Crippen LogP contribution in [0.4, 0.5) is 11.4 Å². The molecule has 7 aromatic carbocycles. The monoisotopic (exact) mass is 656 g/mol. The number of nitrogens with zero attached hydrogens (tertiary/aromatic N) is 4. The third kappa shape index (κ3) is 5.61. The molecule has 0 unspecified atom stereocenters. The van der Waals surface area contributed by atoms with Crippen molar-refractivity contribution >= 4 is 33.3 Å². The van der Waals surface area contributed by atoms with Gasteiger partial charge in [-0.3, -0.25) is 0 Å². The van der Waals surface area contributed by atoms with Gasteiger partial charge in [-0.05, 0) is 47.0 Å². The molecule has 0 aliphatic heterocycles. The van der Waals surface area contributed by atoms with Gasteiger partial charge in [0.1, 0.15) is 11.2 Å². The molecule has 0 saturated carbocycles. The average Bonchev–Trinajstić information content (AvgIpc) is 3.60. The van der Waals surface area contributed by atoms with E-state index in [1.807, 2.05) is 78.9 Å². The number of fused-ring (bicyclic) bond motifs is 3. The number of furan rings is 1. The largest absolute Gasteiger partial charge is 0.456 e. The van der Waals surface area contributed by atoms with Gasteiger partial charge < -0.3 is 9.32 Å². The Morgan fingerprint density at radius 3 is 1.57 bits per heavy atom. The summed E-state index contributed by atoms with van der Waals surface area (Å²) in [5, 5.41) is 2.03. The summed E-state index contributed by atoms with van der Waals surface area (Å²) in [5.74, 6) is 1.81. The standard InChI is InChI=1S/C46H32N4O/c1-50(39-28-26-35(31-16-6-2-7-17-31)30-38(39)32-18-8-3-9-19-32)43-37(27-29-41-42(43)36-24-14-15-25-40(36)51-41)46-48-44(33-20-10-4-11-21-33)47-45(49-46)34-22-12-5-13-23-34/h2-30H,1H3. The van der Waals surface area contributed by atoms with Gasteiger partial charge in [0.15, 0.2) is 17.5 Å². The van der Waals surface area contributed by atoms with Gasteiger partial charge in [0.05, 0.1) is 11.1 Å². The lowest BCUT2D eigenvalue weighted by Crippen LogP contribution is -2.13. The van der Waals surface area contributed by atoms with Crippen LogP contribution in [0.2, 0.25) is 0 Å². The highest BCUT2D eigenvalue weighted by Crippen LogP contribution is 2.46.